The van der Waals surface area contributed by atoms with Gasteiger partial charge >= 0.3 is 5.97 Å². The first-order valence-electron chi connectivity index (χ1n) is 9.26. The molecule has 0 saturated heterocycles. The Balaban J connectivity index is 2.19. The molecule has 0 radical (unpaired) electrons. The smallest absolute Gasteiger partial charge is 0.340 e. The van der Waals surface area contributed by atoms with Crippen LogP contribution in [-0.4, -0.2) is 42.6 Å². The molecule has 0 aliphatic heterocycles. The minimum absolute atomic E-state index is 0.0157. The number of aliphatic hydroxyl groups is 1. The van der Waals surface area contributed by atoms with E-state index in [0.717, 1.165) is 5.56 Å². The molecule has 0 amide bonds. The number of methoxy groups -OCH3 is 2. The zero-order valence-electron chi connectivity index (χ0n) is 16.8. The molecule has 0 saturated carbocycles. The van der Waals surface area contributed by atoms with E-state index in [0.29, 0.717) is 30.8 Å². The average molecular weight is 398 g/mol. The lowest BCUT2D eigenvalue weighted by Gasteiger charge is -2.17. The summed E-state index contributed by atoms with van der Waals surface area (Å²) in [5.74, 6) is 5.38. The molecule has 0 spiro atoms. The molecule has 0 unspecified atom stereocenters. The van der Waals surface area contributed by atoms with E-state index in [2.05, 4.69) is 11.8 Å². The molecule has 2 N–H and O–H groups in total. The van der Waals surface area contributed by atoms with Crippen molar-refractivity contribution in [1.29, 1.82) is 0 Å². The van der Waals surface area contributed by atoms with Gasteiger partial charge in [0.1, 0.15) is 17.1 Å². The van der Waals surface area contributed by atoms with E-state index in [1.54, 1.807) is 13.0 Å². The summed E-state index contributed by atoms with van der Waals surface area (Å²) < 4.78 is 16.3. The number of hydrogen-bond donors (Lipinski definition) is 2. The van der Waals surface area contributed by atoms with Crippen LogP contribution < -0.4 is 9.47 Å². The fourth-order valence-corrected chi connectivity index (χ4v) is 2.83. The number of carboxylic acid groups (broad SMARTS) is 1. The topological polar surface area (TPSA) is 85.2 Å². The third-order valence-electron chi connectivity index (χ3n) is 4.23. The molecule has 0 fully saturated rings. The van der Waals surface area contributed by atoms with Crippen LogP contribution in [0, 0.1) is 11.8 Å². The normalized spacial score (nSPS) is 12.4. The van der Waals surface area contributed by atoms with Gasteiger partial charge in [0.15, 0.2) is 0 Å². The lowest BCUT2D eigenvalue weighted by atomic mass is 10.0. The number of carboxylic acids is 1. The highest BCUT2D eigenvalue weighted by molar-refractivity contribution is 5.94. The Morgan fingerprint density at radius 3 is 2.45 bits per heavy atom. The van der Waals surface area contributed by atoms with Crippen molar-refractivity contribution in [3.05, 3.63) is 59.2 Å². The van der Waals surface area contributed by atoms with Gasteiger partial charge in [0.05, 0.1) is 33.0 Å². The van der Waals surface area contributed by atoms with Gasteiger partial charge < -0.3 is 24.4 Å². The number of aliphatic hydroxyl groups excluding tert-OH is 1. The Labute approximate surface area is 171 Å². The largest absolute Gasteiger partial charge is 0.497 e. The first-order chi connectivity index (χ1) is 13.9. The van der Waals surface area contributed by atoms with Gasteiger partial charge in [-0.3, -0.25) is 0 Å². The number of aromatic carboxylic acids is 1. The van der Waals surface area contributed by atoms with Gasteiger partial charge in [-0.2, -0.15) is 0 Å². The third kappa shape index (κ3) is 6.83. The van der Waals surface area contributed by atoms with Crippen molar-refractivity contribution >= 4 is 5.97 Å². The van der Waals surface area contributed by atoms with Gasteiger partial charge in [-0.05, 0) is 18.6 Å². The van der Waals surface area contributed by atoms with Crippen LogP contribution in [0.1, 0.15) is 41.3 Å². The van der Waals surface area contributed by atoms with Crippen LogP contribution in [-0.2, 0) is 11.3 Å². The molecule has 6 heteroatoms. The predicted molar refractivity (Wildman–Crippen MR) is 109 cm³/mol. The summed E-state index contributed by atoms with van der Waals surface area (Å²) >= 11 is 0. The van der Waals surface area contributed by atoms with E-state index in [-0.39, 0.29) is 17.4 Å². The monoisotopic (exact) mass is 398 g/mol. The van der Waals surface area contributed by atoms with Crippen LogP contribution in [0.2, 0.25) is 0 Å². The number of hydrogen-bond acceptors (Lipinski definition) is 5. The van der Waals surface area contributed by atoms with Gasteiger partial charge in [-0.1, -0.05) is 42.2 Å². The standard InChI is InChI=1S/C23H26O6/c1-16(24)12-19(29-15-17-8-5-4-6-9-17)11-7-10-18-13-20(27-2)14-21(28-3)22(18)23(25)26/h4-6,8-9,13-14,16,19,24H,11-12,15H2,1-3H3,(H,25,26)/t16-,19-/m0/s1. The van der Waals surface area contributed by atoms with Gasteiger partial charge in [0.25, 0.3) is 0 Å². The molecule has 2 atom stereocenters. The molecule has 0 aliphatic rings. The maximum Gasteiger partial charge on any atom is 0.340 e. The van der Waals surface area contributed by atoms with Crippen LogP contribution in [0.25, 0.3) is 0 Å². The molecule has 2 aromatic rings. The Hall–Kier alpha value is -3.01. The Morgan fingerprint density at radius 2 is 1.86 bits per heavy atom. The maximum atomic E-state index is 11.7. The fourth-order valence-electron chi connectivity index (χ4n) is 2.83. The zero-order chi connectivity index (χ0) is 21.2. The highest BCUT2D eigenvalue weighted by Gasteiger charge is 2.18. The summed E-state index contributed by atoms with van der Waals surface area (Å²) in [6.45, 7) is 2.11. The minimum Gasteiger partial charge on any atom is -0.497 e. The van der Waals surface area contributed by atoms with Crippen LogP contribution in [0.5, 0.6) is 11.5 Å². The van der Waals surface area contributed by atoms with E-state index in [4.69, 9.17) is 14.2 Å². The molecule has 29 heavy (non-hydrogen) atoms. The minimum atomic E-state index is -1.13. The first-order valence-corrected chi connectivity index (χ1v) is 9.26. The highest BCUT2D eigenvalue weighted by Crippen LogP contribution is 2.28. The van der Waals surface area contributed by atoms with Crippen LogP contribution in [0.15, 0.2) is 42.5 Å². The zero-order valence-corrected chi connectivity index (χ0v) is 16.8. The molecule has 6 nitrogen and oxygen atoms in total. The summed E-state index contributed by atoms with van der Waals surface area (Å²) in [5, 5.41) is 19.3. The number of carbonyl (C=O) groups is 1. The Morgan fingerprint density at radius 1 is 1.14 bits per heavy atom. The van der Waals surface area contributed by atoms with Gasteiger partial charge in [0.2, 0.25) is 0 Å². The molecule has 0 aliphatic carbocycles. The predicted octanol–water partition coefficient (Wildman–Crippen LogP) is 3.50. The molecular formula is C23H26O6. The summed E-state index contributed by atoms with van der Waals surface area (Å²) in [4.78, 5) is 11.7. The van der Waals surface area contributed by atoms with Crippen LogP contribution >= 0.6 is 0 Å². The third-order valence-corrected chi connectivity index (χ3v) is 4.23. The van der Waals surface area contributed by atoms with E-state index < -0.39 is 12.1 Å². The van der Waals surface area contributed by atoms with Crippen molar-refractivity contribution in [2.24, 2.45) is 0 Å². The highest BCUT2D eigenvalue weighted by atomic mass is 16.5. The summed E-state index contributed by atoms with van der Waals surface area (Å²) in [5.41, 5.74) is 1.31. The fraction of sp³-hybridized carbons (Fsp3) is 0.348. The lowest BCUT2D eigenvalue weighted by molar-refractivity contribution is 0.0110. The second-order valence-electron chi connectivity index (χ2n) is 6.57. The quantitative estimate of drug-likeness (QED) is 0.629. The average Bonchev–Trinajstić information content (AvgIpc) is 2.71. The van der Waals surface area contributed by atoms with E-state index in [1.807, 2.05) is 30.3 Å². The van der Waals surface area contributed by atoms with Crippen molar-refractivity contribution < 1.29 is 29.2 Å². The molecule has 154 valence electrons. The second kappa shape index (κ2) is 11.1. The van der Waals surface area contributed by atoms with Crippen molar-refractivity contribution in [2.45, 2.75) is 38.6 Å². The van der Waals surface area contributed by atoms with Crippen molar-refractivity contribution in [1.82, 2.24) is 0 Å². The summed E-state index contributed by atoms with van der Waals surface area (Å²) in [6.07, 6.45) is -0.0574. The van der Waals surface area contributed by atoms with Crippen molar-refractivity contribution in [2.75, 3.05) is 14.2 Å². The summed E-state index contributed by atoms with van der Waals surface area (Å²) in [7, 11) is 2.89. The molecule has 2 rings (SSSR count). The van der Waals surface area contributed by atoms with Crippen molar-refractivity contribution in [3.63, 3.8) is 0 Å². The molecule has 0 aromatic heterocycles. The van der Waals surface area contributed by atoms with Gasteiger partial charge in [-0.25, -0.2) is 4.79 Å². The van der Waals surface area contributed by atoms with E-state index in [9.17, 15) is 15.0 Å². The van der Waals surface area contributed by atoms with Crippen molar-refractivity contribution in [3.8, 4) is 23.3 Å². The Bertz CT molecular complexity index is 864. The number of benzene rings is 2. The molecule has 0 heterocycles. The van der Waals surface area contributed by atoms with Crippen LogP contribution in [0.3, 0.4) is 0 Å². The molecule has 2 aromatic carbocycles. The summed E-state index contributed by atoms with van der Waals surface area (Å²) in [6, 6.07) is 12.8. The number of rotatable bonds is 9. The first kappa shape index (κ1) is 22.3. The number of ether oxygens (including phenoxy) is 3. The lowest BCUT2D eigenvalue weighted by Crippen LogP contribution is -2.18. The molecular weight excluding hydrogens is 372 g/mol. The second-order valence-corrected chi connectivity index (χ2v) is 6.57. The van der Waals surface area contributed by atoms with E-state index in [1.165, 1.54) is 20.3 Å². The van der Waals surface area contributed by atoms with Gasteiger partial charge in [-0.15, -0.1) is 0 Å². The van der Waals surface area contributed by atoms with Crippen LogP contribution in [0.4, 0.5) is 0 Å². The molecule has 0 bridgehead atoms. The SMILES string of the molecule is COc1cc(C#CC[C@@H](C[C@H](C)O)OCc2ccccc2)c(C(=O)O)c(OC)c1. The maximum absolute atomic E-state index is 11.7. The van der Waals surface area contributed by atoms with Gasteiger partial charge in [0, 0.05) is 24.5 Å². The van der Waals surface area contributed by atoms with E-state index >= 15 is 0 Å². The Kier molecular flexibility index (Phi) is 8.53.